The Kier molecular flexibility index (Phi) is 8.28. The number of hydrogen-bond donors (Lipinski definition) is 1. The number of carbonyl (C=O) groups excluding carboxylic acids is 2. The molecule has 2 fully saturated rings. The highest BCUT2D eigenvalue weighted by Gasteiger charge is 2.35. The fourth-order valence-corrected chi connectivity index (χ4v) is 3.87. The standard InChI is InChI=1S/C21H32N4O2.ClH/c1-21(2,18-6-4-3-5-7-18)20(27)25-16-14-23(15-17-25)11-8-19(26)24-12-9-22-10-13-24;/h3-7,22H,8-17H2,1-2H3;1H. The fraction of sp³-hybridized carbons (Fsp3) is 0.619. The van der Waals surface area contributed by atoms with Gasteiger partial charge in [0.05, 0.1) is 5.41 Å². The molecule has 2 aliphatic rings. The Morgan fingerprint density at radius 3 is 2.14 bits per heavy atom. The number of rotatable bonds is 5. The van der Waals surface area contributed by atoms with E-state index in [2.05, 4.69) is 10.2 Å². The van der Waals surface area contributed by atoms with Gasteiger partial charge in [0.2, 0.25) is 11.8 Å². The third-order valence-corrected chi connectivity index (χ3v) is 5.80. The SMILES string of the molecule is CC(C)(C(=O)N1CCN(CCC(=O)N2CCNCC2)CC1)c1ccccc1.Cl. The first-order valence-electron chi connectivity index (χ1n) is 10.0. The van der Waals surface area contributed by atoms with Crippen molar-refractivity contribution in [1.29, 1.82) is 0 Å². The number of nitrogens with one attached hydrogen (secondary N) is 1. The lowest BCUT2D eigenvalue weighted by Gasteiger charge is -2.39. The van der Waals surface area contributed by atoms with Crippen LogP contribution in [-0.2, 0) is 15.0 Å². The van der Waals surface area contributed by atoms with Crippen molar-refractivity contribution in [3.63, 3.8) is 0 Å². The lowest BCUT2D eigenvalue weighted by Crippen LogP contribution is -2.53. The fourth-order valence-electron chi connectivity index (χ4n) is 3.87. The maximum absolute atomic E-state index is 13.0. The molecule has 0 aromatic heterocycles. The van der Waals surface area contributed by atoms with Crippen LogP contribution >= 0.6 is 12.4 Å². The van der Waals surface area contributed by atoms with Crippen molar-refractivity contribution < 1.29 is 9.59 Å². The van der Waals surface area contributed by atoms with Crippen molar-refractivity contribution in [2.75, 3.05) is 58.9 Å². The summed E-state index contributed by atoms with van der Waals surface area (Å²) in [5.74, 6) is 0.436. The van der Waals surface area contributed by atoms with E-state index < -0.39 is 5.41 Å². The molecule has 0 radical (unpaired) electrons. The van der Waals surface area contributed by atoms with E-state index in [0.29, 0.717) is 6.42 Å². The van der Waals surface area contributed by atoms with Gasteiger partial charge in [-0.25, -0.2) is 0 Å². The molecule has 0 saturated carbocycles. The highest BCUT2D eigenvalue weighted by Crippen LogP contribution is 2.26. The highest BCUT2D eigenvalue weighted by molar-refractivity contribution is 5.87. The molecule has 0 unspecified atom stereocenters. The number of halogens is 1. The van der Waals surface area contributed by atoms with E-state index in [4.69, 9.17) is 0 Å². The average molecular weight is 409 g/mol. The van der Waals surface area contributed by atoms with Crippen molar-refractivity contribution in [2.45, 2.75) is 25.7 Å². The van der Waals surface area contributed by atoms with Gasteiger partial charge in [-0.05, 0) is 19.4 Å². The van der Waals surface area contributed by atoms with Crippen LogP contribution in [0.25, 0.3) is 0 Å². The molecular formula is C21H33ClN4O2. The van der Waals surface area contributed by atoms with Crippen molar-refractivity contribution in [3.8, 4) is 0 Å². The Morgan fingerprint density at radius 2 is 1.54 bits per heavy atom. The summed E-state index contributed by atoms with van der Waals surface area (Å²) in [6.45, 7) is 11.3. The molecule has 3 rings (SSSR count). The molecule has 28 heavy (non-hydrogen) atoms. The van der Waals surface area contributed by atoms with Gasteiger partial charge < -0.3 is 15.1 Å². The first-order chi connectivity index (χ1) is 13.0. The minimum atomic E-state index is -0.512. The molecule has 2 heterocycles. The number of hydrogen-bond acceptors (Lipinski definition) is 4. The minimum absolute atomic E-state index is 0. The van der Waals surface area contributed by atoms with Gasteiger partial charge in [-0.2, -0.15) is 0 Å². The maximum atomic E-state index is 13.0. The summed E-state index contributed by atoms with van der Waals surface area (Å²) < 4.78 is 0. The van der Waals surface area contributed by atoms with E-state index in [1.807, 2.05) is 54.0 Å². The third-order valence-electron chi connectivity index (χ3n) is 5.80. The van der Waals surface area contributed by atoms with Crippen LogP contribution in [0.1, 0.15) is 25.8 Å². The molecule has 1 N–H and O–H groups in total. The number of benzene rings is 1. The zero-order chi connectivity index (χ0) is 19.3. The number of nitrogens with zero attached hydrogens (tertiary/aromatic N) is 3. The van der Waals surface area contributed by atoms with Crippen LogP contribution in [0.4, 0.5) is 0 Å². The van der Waals surface area contributed by atoms with E-state index >= 15 is 0 Å². The number of carbonyl (C=O) groups is 2. The van der Waals surface area contributed by atoms with E-state index in [0.717, 1.165) is 64.5 Å². The molecule has 1 aromatic rings. The topological polar surface area (TPSA) is 55.9 Å². The van der Waals surface area contributed by atoms with Crippen LogP contribution in [0.5, 0.6) is 0 Å². The molecule has 0 spiro atoms. The van der Waals surface area contributed by atoms with Gasteiger partial charge in [-0.1, -0.05) is 30.3 Å². The average Bonchev–Trinajstić information content (AvgIpc) is 2.73. The second-order valence-electron chi connectivity index (χ2n) is 8.01. The third kappa shape index (κ3) is 5.46. The molecule has 0 atom stereocenters. The Hall–Kier alpha value is -1.63. The van der Waals surface area contributed by atoms with Gasteiger partial charge in [-0.15, -0.1) is 12.4 Å². The molecule has 7 heteroatoms. The quantitative estimate of drug-likeness (QED) is 0.799. The van der Waals surface area contributed by atoms with E-state index in [-0.39, 0.29) is 24.2 Å². The maximum Gasteiger partial charge on any atom is 0.232 e. The number of amides is 2. The molecule has 0 bridgehead atoms. The lowest BCUT2D eigenvalue weighted by atomic mass is 9.83. The summed E-state index contributed by atoms with van der Waals surface area (Å²) in [7, 11) is 0. The molecule has 2 amide bonds. The first-order valence-corrected chi connectivity index (χ1v) is 10.0. The molecule has 6 nitrogen and oxygen atoms in total. The summed E-state index contributed by atoms with van der Waals surface area (Å²) >= 11 is 0. The van der Waals surface area contributed by atoms with Crippen LogP contribution in [0, 0.1) is 0 Å². The van der Waals surface area contributed by atoms with Crippen LogP contribution in [0.15, 0.2) is 30.3 Å². The predicted molar refractivity (Wildman–Crippen MR) is 114 cm³/mol. The van der Waals surface area contributed by atoms with Crippen molar-refractivity contribution in [1.82, 2.24) is 20.0 Å². The molecule has 2 aliphatic heterocycles. The molecular weight excluding hydrogens is 376 g/mol. The van der Waals surface area contributed by atoms with Crippen LogP contribution in [-0.4, -0.2) is 85.4 Å². The second kappa shape index (κ2) is 10.2. The monoisotopic (exact) mass is 408 g/mol. The molecule has 156 valence electrons. The minimum Gasteiger partial charge on any atom is -0.340 e. The summed E-state index contributed by atoms with van der Waals surface area (Å²) in [5, 5.41) is 3.27. The zero-order valence-electron chi connectivity index (χ0n) is 17.0. The van der Waals surface area contributed by atoms with Crippen molar-refractivity contribution >= 4 is 24.2 Å². The van der Waals surface area contributed by atoms with Crippen molar-refractivity contribution in [3.05, 3.63) is 35.9 Å². The van der Waals surface area contributed by atoms with Gasteiger partial charge in [0, 0.05) is 65.3 Å². The Labute approximate surface area is 174 Å². The molecule has 0 aliphatic carbocycles. The van der Waals surface area contributed by atoms with Gasteiger partial charge in [0.15, 0.2) is 0 Å². The molecule has 2 saturated heterocycles. The predicted octanol–water partition coefficient (Wildman–Crippen LogP) is 1.35. The van der Waals surface area contributed by atoms with E-state index in [1.54, 1.807) is 0 Å². The Bertz CT molecular complexity index is 639. The van der Waals surface area contributed by atoms with E-state index in [1.165, 1.54) is 0 Å². The van der Waals surface area contributed by atoms with Gasteiger partial charge in [0.1, 0.15) is 0 Å². The van der Waals surface area contributed by atoms with Gasteiger partial charge in [0.25, 0.3) is 0 Å². The highest BCUT2D eigenvalue weighted by atomic mass is 35.5. The normalized spacial score (nSPS) is 18.5. The van der Waals surface area contributed by atoms with Gasteiger partial charge in [-0.3, -0.25) is 14.5 Å². The van der Waals surface area contributed by atoms with Gasteiger partial charge >= 0.3 is 0 Å². The lowest BCUT2D eigenvalue weighted by molar-refractivity contribution is -0.138. The second-order valence-corrected chi connectivity index (χ2v) is 8.01. The summed E-state index contributed by atoms with van der Waals surface area (Å²) in [6, 6.07) is 9.99. The van der Waals surface area contributed by atoms with Crippen molar-refractivity contribution in [2.24, 2.45) is 0 Å². The largest absolute Gasteiger partial charge is 0.340 e. The first kappa shape index (κ1) is 22.7. The van der Waals surface area contributed by atoms with Crippen LogP contribution < -0.4 is 5.32 Å². The van der Waals surface area contributed by atoms with Crippen LogP contribution in [0.3, 0.4) is 0 Å². The smallest absolute Gasteiger partial charge is 0.232 e. The Morgan fingerprint density at radius 1 is 0.929 bits per heavy atom. The summed E-state index contributed by atoms with van der Waals surface area (Å²) in [6.07, 6.45) is 0.573. The zero-order valence-corrected chi connectivity index (χ0v) is 17.8. The Balaban J connectivity index is 0.00000280. The van der Waals surface area contributed by atoms with E-state index in [9.17, 15) is 9.59 Å². The summed E-state index contributed by atoms with van der Waals surface area (Å²) in [4.78, 5) is 31.6. The number of piperazine rings is 2. The van der Waals surface area contributed by atoms with Crippen LogP contribution in [0.2, 0.25) is 0 Å². The summed E-state index contributed by atoms with van der Waals surface area (Å²) in [5.41, 5.74) is 0.542. The molecule has 1 aromatic carbocycles.